The topological polar surface area (TPSA) is 70.5 Å². The van der Waals surface area contributed by atoms with Crippen LogP contribution in [0.4, 0.5) is 0 Å². The average molecular weight is 276 g/mol. The highest BCUT2D eigenvalue weighted by Gasteiger charge is 2.29. The van der Waals surface area contributed by atoms with Gasteiger partial charge in [0.05, 0.1) is 5.56 Å². The SMILES string of the molecule is CCCC1CCCN1C(=O)c1cc(C(=O)O)cc(C)n1. The summed E-state index contributed by atoms with van der Waals surface area (Å²) in [5, 5.41) is 9.06. The van der Waals surface area contributed by atoms with Gasteiger partial charge in [-0.1, -0.05) is 13.3 Å². The fourth-order valence-electron chi connectivity index (χ4n) is 2.79. The molecular weight excluding hydrogens is 256 g/mol. The van der Waals surface area contributed by atoms with E-state index >= 15 is 0 Å². The first kappa shape index (κ1) is 14.5. The van der Waals surface area contributed by atoms with Crippen molar-refractivity contribution in [3.8, 4) is 0 Å². The van der Waals surface area contributed by atoms with Crippen molar-refractivity contribution in [3.63, 3.8) is 0 Å². The number of carbonyl (C=O) groups is 2. The number of likely N-dealkylation sites (tertiary alicyclic amines) is 1. The molecule has 2 heterocycles. The van der Waals surface area contributed by atoms with E-state index in [-0.39, 0.29) is 23.2 Å². The molecule has 2 rings (SSSR count). The van der Waals surface area contributed by atoms with E-state index in [0.717, 1.165) is 32.2 Å². The van der Waals surface area contributed by atoms with E-state index in [1.54, 1.807) is 6.92 Å². The molecule has 5 heteroatoms. The van der Waals surface area contributed by atoms with Crippen LogP contribution < -0.4 is 0 Å². The third kappa shape index (κ3) is 2.98. The first-order valence-electron chi connectivity index (χ1n) is 7.06. The largest absolute Gasteiger partial charge is 0.478 e. The number of hydrogen-bond donors (Lipinski definition) is 1. The molecule has 0 saturated carbocycles. The molecule has 1 aromatic rings. The van der Waals surface area contributed by atoms with Crippen LogP contribution in [-0.4, -0.2) is 39.5 Å². The van der Waals surface area contributed by atoms with E-state index in [1.807, 2.05) is 4.90 Å². The summed E-state index contributed by atoms with van der Waals surface area (Å²) in [7, 11) is 0. The maximum absolute atomic E-state index is 12.5. The summed E-state index contributed by atoms with van der Waals surface area (Å²) in [4.78, 5) is 29.6. The first-order chi connectivity index (χ1) is 9.52. The minimum Gasteiger partial charge on any atom is -0.478 e. The lowest BCUT2D eigenvalue weighted by Crippen LogP contribution is -2.36. The number of carboxylic acid groups (broad SMARTS) is 1. The zero-order valence-electron chi connectivity index (χ0n) is 11.9. The van der Waals surface area contributed by atoms with Gasteiger partial charge in [0, 0.05) is 18.3 Å². The number of hydrogen-bond acceptors (Lipinski definition) is 3. The summed E-state index contributed by atoms with van der Waals surface area (Å²) in [6, 6.07) is 3.12. The molecule has 1 aromatic heterocycles. The van der Waals surface area contributed by atoms with Crippen LogP contribution in [0.25, 0.3) is 0 Å². The smallest absolute Gasteiger partial charge is 0.335 e. The van der Waals surface area contributed by atoms with Crippen molar-refractivity contribution >= 4 is 11.9 Å². The maximum atomic E-state index is 12.5. The van der Waals surface area contributed by atoms with Crippen molar-refractivity contribution in [2.75, 3.05) is 6.54 Å². The van der Waals surface area contributed by atoms with Crippen molar-refractivity contribution in [1.82, 2.24) is 9.88 Å². The fourth-order valence-corrected chi connectivity index (χ4v) is 2.79. The van der Waals surface area contributed by atoms with Gasteiger partial charge >= 0.3 is 5.97 Å². The molecule has 1 amide bonds. The Morgan fingerprint density at radius 3 is 2.85 bits per heavy atom. The Morgan fingerprint density at radius 1 is 1.45 bits per heavy atom. The van der Waals surface area contributed by atoms with E-state index in [0.29, 0.717) is 5.69 Å². The number of aryl methyl sites for hydroxylation is 1. The molecule has 108 valence electrons. The molecule has 1 aliphatic heterocycles. The molecule has 0 radical (unpaired) electrons. The number of aromatic nitrogens is 1. The molecule has 1 unspecified atom stereocenters. The standard InChI is InChI=1S/C15H20N2O3/c1-3-5-12-6-4-7-17(12)14(18)13-9-11(15(19)20)8-10(2)16-13/h8-9,12H,3-7H2,1-2H3,(H,19,20). The quantitative estimate of drug-likeness (QED) is 0.917. The van der Waals surface area contributed by atoms with E-state index < -0.39 is 5.97 Å². The Labute approximate surface area is 118 Å². The normalized spacial score (nSPS) is 18.3. The number of aromatic carboxylic acids is 1. The fraction of sp³-hybridized carbons (Fsp3) is 0.533. The molecule has 0 spiro atoms. The molecule has 0 aromatic carbocycles. The van der Waals surface area contributed by atoms with Gasteiger partial charge in [-0.2, -0.15) is 0 Å². The summed E-state index contributed by atoms with van der Waals surface area (Å²) in [5.74, 6) is -1.18. The Hall–Kier alpha value is -1.91. The van der Waals surface area contributed by atoms with Gasteiger partial charge in [0.2, 0.25) is 0 Å². The van der Waals surface area contributed by atoms with E-state index in [1.165, 1.54) is 12.1 Å². The zero-order chi connectivity index (χ0) is 14.7. The van der Waals surface area contributed by atoms with Crippen LogP contribution in [0.2, 0.25) is 0 Å². The van der Waals surface area contributed by atoms with Gasteiger partial charge in [0.1, 0.15) is 5.69 Å². The molecule has 1 saturated heterocycles. The molecular formula is C15H20N2O3. The van der Waals surface area contributed by atoms with Gasteiger partial charge < -0.3 is 10.0 Å². The second kappa shape index (κ2) is 6.03. The molecule has 1 aliphatic rings. The molecule has 1 atom stereocenters. The summed E-state index contributed by atoms with van der Waals surface area (Å²) in [6.45, 7) is 4.55. The minimum absolute atomic E-state index is 0.118. The molecule has 1 fully saturated rings. The number of rotatable bonds is 4. The summed E-state index contributed by atoms with van der Waals surface area (Å²) < 4.78 is 0. The number of carbonyl (C=O) groups excluding carboxylic acids is 1. The predicted octanol–water partition coefficient (Wildman–Crippen LogP) is 2.49. The van der Waals surface area contributed by atoms with Crippen LogP contribution in [0.1, 0.15) is 59.1 Å². The Morgan fingerprint density at radius 2 is 2.20 bits per heavy atom. The van der Waals surface area contributed by atoms with Crippen molar-refractivity contribution in [1.29, 1.82) is 0 Å². The van der Waals surface area contributed by atoms with E-state index in [9.17, 15) is 9.59 Å². The number of carboxylic acids is 1. The van der Waals surface area contributed by atoms with Gasteiger partial charge in [-0.05, 0) is 38.3 Å². The summed E-state index contributed by atoms with van der Waals surface area (Å²) in [5.41, 5.74) is 0.914. The predicted molar refractivity (Wildman–Crippen MR) is 74.9 cm³/mol. The molecule has 20 heavy (non-hydrogen) atoms. The molecule has 0 aliphatic carbocycles. The van der Waals surface area contributed by atoms with Crippen LogP contribution in [0.5, 0.6) is 0 Å². The van der Waals surface area contributed by atoms with Crippen molar-refractivity contribution in [2.24, 2.45) is 0 Å². The van der Waals surface area contributed by atoms with Crippen molar-refractivity contribution < 1.29 is 14.7 Å². The maximum Gasteiger partial charge on any atom is 0.335 e. The second-order valence-electron chi connectivity index (χ2n) is 5.27. The lowest BCUT2D eigenvalue weighted by Gasteiger charge is -2.24. The van der Waals surface area contributed by atoms with Crippen molar-refractivity contribution in [3.05, 3.63) is 29.1 Å². The van der Waals surface area contributed by atoms with Crippen LogP contribution in [0.15, 0.2) is 12.1 Å². The highest BCUT2D eigenvalue weighted by Crippen LogP contribution is 2.23. The van der Waals surface area contributed by atoms with Crippen LogP contribution in [-0.2, 0) is 0 Å². The lowest BCUT2D eigenvalue weighted by molar-refractivity contribution is 0.0696. The number of nitrogens with zero attached hydrogens (tertiary/aromatic N) is 2. The van der Waals surface area contributed by atoms with Crippen LogP contribution >= 0.6 is 0 Å². The van der Waals surface area contributed by atoms with Gasteiger partial charge in [-0.3, -0.25) is 4.79 Å². The summed E-state index contributed by atoms with van der Waals surface area (Å²) in [6.07, 6.45) is 4.06. The molecule has 5 nitrogen and oxygen atoms in total. The first-order valence-corrected chi connectivity index (χ1v) is 7.06. The van der Waals surface area contributed by atoms with Crippen LogP contribution in [0.3, 0.4) is 0 Å². The van der Waals surface area contributed by atoms with E-state index in [2.05, 4.69) is 11.9 Å². The summed E-state index contributed by atoms with van der Waals surface area (Å²) >= 11 is 0. The Kier molecular flexibility index (Phi) is 4.37. The lowest BCUT2D eigenvalue weighted by atomic mass is 10.1. The highest BCUT2D eigenvalue weighted by atomic mass is 16.4. The third-order valence-electron chi connectivity index (χ3n) is 3.68. The zero-order valence-corrected chi connectivity index (χ0v) is 11.9. The minimum atomic E-state index is -1.03. The number of pyridine rings is 1. The second-order valence-corrected chi connectivity index (χ2v) is 5.27. The molecule has 1 N–H and O–H groups in total. The number of amides is 1. The average Bonchev–Trinajstić information content (AvgIpc) is 2.85. The van der Waals surface area contributed by atoms with Gasteiger partial charge in [-0.25, -0.2) is 9.78 Å². The molecule has 0 bridgehead atoms. The van der Waals surface area contributed by atoms with Gasteiger partial charge in [0.15, 0.2) is 0 Å². The Bertz CT molecular complexity index is 528. The van der Waals surface area contributed by atoms with Gasteiger partial charge in [-0.15, -0.1) is 0 Å². The monoisotopic (exact) mass is 276 g/mol. The van der Waals surface area contributed by atoms with E-state index in [4.69, 9.17) is 5.11 Å². The Balaban J connectivity index is 2.26. The third-order valence-corrected chi connectivity index (χ3v) is 3.68. The van der Waals surface area contributed by atoms with Crippen molar-refractivity contribution in [2.45, 2.75) is 45.6 Å². The highest BCUT2D eigenvalue weighted by molar-refractivity contribution is 5.96. The van der Waals surface area contributed by atoms with Crippen LogP contribution in [0, 0.1) is 6.92 Å². The van der Waals surface area contributed by atoms with Gasteiger partial charge in [0.25, 0.3) is 5.91 Å².